The van der Waals surface area contributed by atoms with Gasteiger partial charge in [-0.1, -0.05) is 0 Å². The van der Waals surface area contributed by atoms with Crippen molar-refractivity contribution in [3.8, 4) is 0 Å². The Morgan fingerprint density at radius 3 is 2.07 bits per heavy atom. The van der Waals surface area contributed by atoms with E-state index in [4.69, 9.17) is 5.11 Å². The van der Waals surface area contributed by atoms with Crippen LogP contribution < -0.4 is 0 Å². The normalized spacial score (nSPS) is 23.7. The molecule has 1 fully saturated rings. The van der Waals surface area contributed by atoms with Gasteiger partial charge in [0.15, 0.2) is 0 Å². The minimum absolute atomic E-state index is 0.0821. The van der Waals surface area contributed by atoms with Gasteiger partial charge in [-0.15, -0.1) is 0 Å². The minimum atomic E-state index is -0.750. The van der Waals surface area contributed by atoms with Gasteiger partial charge in [-0.05, 0) is 13.8 Å². The molecular formula is C10H20N2O3. The number of piperazine rings is 1. The Morgan fingerprint density at radius 2 is 1.67 bits per heavy atom. The van der Waals surface area contributed by atoms with Crippen LogP contribution in [0, 0.1) is 0 Å². The molecule has 1 aliphatic heterocycles. The number of hydrogen-bond acceptors (Lipinski definition) is 4. The lowest BCUT2D eigenvalue weighted by molar-refractivity contribution is -0.138. The van der Waals surface area contributed by atoms with Crippen LogP contribution in [0.3, 0.4) is 0 Å². The fraction of sp³-hybridized carbons (Fsp3) is 0.900. The molecule has 0 radical (unpaired) electrons. The molecule has 0 saturated carbocycles. The minimum Gasteiger partial charge on any atom is -0.481 e. The lowest BCUT2D eigenvalue weighted by atomic mass is 10.1. The third-order valence-electron chi connectivity index (χ3n) is 2.97. The summed E-state index contributed by atoms with van der Waals surface area (Å²) in [6.45, 7) is 6.98. The van der Waals surface area contributed by atoms with E-state index in [-0.39, 0.29) is 12.5 Å². The summed E-state index contributed by atoms with van der Waals surface area (Å²) in [6, 6.07) is 0.0821. The summed E-state index contributed by atoms with van der Waals surface area (Å²) in [5.74, 6) is -0.750. The molecule has 2 atom stereocenters. The summed E-state index contributed by atoms with van der Waals surface area (Å²) < 4.78 is 0. The van der Waals surface area contributed by atoms with Crippen LogP contribution >= 0.6 is 0 Å². The van der Waals surface area contributed by atoms with Crippen molar-refractivity contribution in [3.05, 3.63) is 0 Å². The Bertz CT molecular complexity index is 213. The third kappa shape index (κ3) is 3.77. The first-order valence-corrected chi connectivity index (χ1v) is 5.38. The van der Waals surface area contributed by atoms with Crippen LogP contribution in [0.25, 0.3) is 0 Å². The average Bonchev–Trinajstić information content (AvgIpc) is 2.17. The van der Waals surface area contributed by atoms with E-state index in [1.54, 1.807) is 6.92 Å². The monoisotopic (exact) mass is 216 g/mol. The zero-order chi connectivity index (χ0) is 11.4. The predicted octanol–water partition coefficient (Wildman–Crippen LogP) is -0.194. The van der Waals surface area contributed by atoms with Crippen LogP contribution in [-0.4, -0.2) is 64.4 Å². The number of aliphatic hydroxyl groups excluding tert-OH is 1. The summed E-state index contributed by atoms with van der Waals surface area (Å²) in [7, 11) is 0. The zero-order valence-corrected chi connectivity index (χ0v) is 9.39. The standard InChI is InChI=1S/C10H20N2O3/c1-8(7-10(14)15)11-3-5-12(6-4-11)9(2)13/h8-9,13H,3-7H2,1-2H3,(H,14,15). The second kappa shape index (κ2) is 5.44. The fourth-order valence-electron chi connectivity index (χ4n) is 1.93. The van der Waals surface area contributed by atoms with Crippen molar-refractivity contribution in [2.24, 2.45) is 0 Å². The van der Waals surface area contributed by atoms with Crippen LogP contribution in [0.1, 0.15) is 20.3 Å². The van der Waals surface area contributed by atoms with Crippen molar-refractivity contribution in [2.45, 2.75) is 32.5 Å². The molecule has 88 valence electrons. The topological polar surface area (TPSA) is 64.0 Å². The molecular weight excluding hydrogens is 196 g/mol. The van der Waals surface area contributed by atoms with Gasteiger partial charge in [0, 0.05) is 32.2 Å². The van der Waals surface area contributed by atoms with E-state index in [0.29, 0.717) is 0 Å². The smallest absolute Gasteiger partial charge is 0.304 e. The van der Waals surface area contributed by atoms with Crippen molar-refractivity contribution in [1.29, 1.82) is 0 Å². The van der Waals surface area contributed by atoms with E-state index in [1.165, 1.54) is 0 Å². The van der Waals surface area contributed by atoms with Gasteiger partial charge < -0.3 is 10.2 Å². The van der Waals surface area contributed by atoms with Crippen molar-refractivity contribution in [2.75, 3.05) is 26.2 Å². The Kier molecular flexibility index (Phi) is 4.50. The summed E-state index contributed by atoms with van der Waals surface area (Å²) in [4.78, 5) is 14.7. The van der Waals surface area contributed by atoms with E-state index >= 15 is 0 Å². The van der Waals surface area contributed by atoms with Gasteiger partial charge in [-0.2, -0.15) is 0 Å². The van der Waals surface area contributed by atoms with Gasteiger partial charge in [0.2, 0.25) is 0 Å². The first kappa shape index (κ1) is 12.4. The highest BCUT2D eigenvalue weighted by Crippen LogP contribution is 2.10. The van der Waals surface area contributed by atoms with Gasteiger partial charge in [0.1, 0.15) is 6.23 Å². The summed E-state index contributed by atoms with van der Waals surface area (Å²) >= 11 is 0. The zero-order valence-electron chi connectivity index (χ0n) is 9.39. The van der Waals surface area contributed by atoms with Crippen molar-refractivity contribution in [3.63, 3.8) is 0 Å². The van der Waals surface area contributed by atoms with E-state index in [9.17, 15) is 9.90 Å². The molecule has 5 heteroatoms. The Balaban J connectivity index is 2.33. The van der Waals surface area contributed by atoms with Crippen molar-refractivity contribution < 1.29 is 15.0 Å². The Labute approximate surface area is 90.3 Å². The quantitative estimate of drug-likeness (QED) is 0.681. The maximum atomic E-state index is 10.5. The Morgan fingerprint density at radius 1 is 1.20 bits per heavy atom. The van der Waals surface area contributed by atoms with Gasteiger partial charge in [0.25, 0.3) is 0 Å². The highest BCUT2D eigenvalue weighted by Gasteiger charge is 2.23. The number of carbonyl (C=O) groups is 1. The van der Waals surface area contributed by atoms with Crippen LogP contribution in [0.4, 0.5) is 0 Å². The molecule has 1 heterocycles. The molecule has 1 aliphatic rings. The second-order valence-corrected chi connectivity index (χ2v) is 4.15. The highest BCUT2D eigenvalue weighted by molar-refractivity contribution is 5.67. The van der Waals surface area contributed by atoms with Crippen molar-refractivity contribution in [1.82, 2.24) is 9.80 Å². The fourth-order valence-corrected chi connectivity index (χ4v) is 1.93. The molecule has 5 nitrogen and oxygen atoms in total. The lowest BCUT2D eigenvalue weighted by Crippen LogP contribution is -2.52. The predicted molar refractivity (Wildman–Crippen MR) is 56.5 cm³/mol. The molecule has 1 rings (SSSR count). The van der Waals surface area contributed by atoms with Gasteiger partial charge >= 0.3 is 5.97 Å². The van der Waals surface area contributed by atoms with E-state index in [1.807, 2.05) is 11.8 Å². The van der Waals surface area contributed by atoms with E-state index in [2.05, 4.69) is 4.90 Å². The number of carboxylic acids is 1. The molecule has 0 aromatic rings. The molecule has 2 N–H and O–H groups in total. The third-order valence-corrected chi connectivity index (χ3v) is 2.97. The maximum absolute atomic E-state index is 10.5. The van der Waals surface area contributed by atoms with Crippen LogP contribution in [0.2, 0.25) is 0 Å². The molecule has 0 amide bonds. The molecule has 0 aromatic heterocycles. The van der Waals surface area contributed by atoms with E-state index in [0.717, 1.165) is 26.2 Å². The van der Waals surface area contributed by atoms with Crippen LogP contribution in [0.5, 0.6) is 0 Å². The number of rotatable bonds is 4. The number of carboxylic acid groups (broad SMARTS) is 1. The average molecular weight is 216 g/mol. The molecule has 1 saturated heterocycles. The molecule has 0 spiro atoms. The maximum Gasteiger partial charge on any atom is 0.304 e. The second-order valence-electron chi connectivity index (χ2n) is 4.15. The SMILES string of the molecule is CC(O)N1CCN(C(C)CC(=O)O)CC1. The van der Waals surface area contributed by atoms with Gasteiger partial charge in [-0.25, -0.2) is 0 Å². The van der Waals surface area contributed by atoms with Gasteiger partial charge in [-0.3, -0.25) is 14.6 Å². The summed E-state index contributed by atoms with van der Waals surface area (Å²) in [5, 5.41) is 18.0. The number of hydrogen-bond donors (Lipinski definition) is 2. The molecule has 0 bridgehead atoms. The van der Waals surface area contributed by atoms with Crippen LogP contribution in [0.15, 0.2) is 0 Å². The largest absolute Gasteiger partial charge is 0.481 e. The summed E-state index contributed by atoms with van der Waals surface area (Å²) in [5.41, 5.74) is 0. The lowest BCUT2D eigenvalue weighted by Gasteiger charge is -2.38. The first-order chi connectivity index (χ1) is 7.00. The Hall–Kier alpha value is -0.650. The van der Waals surface area contributed by atoms with Crippen molar-refractivity contribution >= 4 is 5.97 Å². The van der Waals surface area contributed by atoms with E-state index < -0.39 is 12.2 Å². The number of aliphatic hydroxyl groups is 1. The molecule has 15 heavy (non-hydrogen) atoms. The summed E-state index contributed by atoms with van der Waals surface area (Å²) in [6.07, 6.45) is -0.212. The number of aliphatic carboxylic acids is 1. The molecule has 0 aromatic carbocycles. The van der Waals surface area contributed by atoms with Gasteiger partial charge in [0.05, 0.1) is 6.42 Å². The first-order valence-electron chi connectivity index (χ1n) is 5.38. The molecule has 0 aliphatic carbocycles. The number of nitrogens with zero attached hydrogens (tertiary/aromatic N) is 2. The highest BCUT2D eigenvalue weighted by atomic mass is 16.4. The molecule has 2 unspecified atom stereocenters. The van der Waals surface area contributed by atoms with Crippen LogP contribution in [-0.2, 0) is 4.79 Å².